The van der Waals surface area contributed by atoms with Gasteiger partial charge in [0.05, 0.1) is 5.60 Å². The molecule has 0 aliphatic heterocycles. The minimum Gasteiger partial charge on any atom is -0.390 e. The molecule has 0 aromatic heterocycles. The Morgan fingerprint density at radius 2 is 2.10 bits per heavy atom. The second kappa shape index (κ2) is 1.58. The molecular weight excluding hydrogens is 124 g/mol. The summed E-state index contributed by atoms with van der Waals surface area (Å²) in [5, 5.41) is 9.74. The Morgan fingerprint density at radius 3 is 2.30 bits per heavy atom. The van der Waals surface area contributed by atoms with Crippen molar-refractivity contribution in [1.82, 2.24) is 0 Å². The molecule has 2 rings (SSSR count). The van der Waals surface area contributed by atoms with Crippen LogP contribution in [-0.2, 0) is 0 Å². The minimum atomic E-state index is -0.337. The van der Waals surface area contributed by atoms with Crippen LogP contribution in [0.3, 0.4) is 0 Å². The molecule has 1 heteroatoms. The highest BCUT2D eigenvalue weighted by Gasteiger charge is 2.53. The van der Waals surface area contributed by atoms with Gasteiger partial charge in [0, 0.05) is 0 Å². The largest absolute Gasteiger partial charge is 0.390 e. The van der Waals surface area contributed by atoms with Crippen molar-refractivity contribution in [3.05, 3.63) is 0 Å². The molecule has 0 aromatic rings. The standard InChI is InChI=1S/C9H16O/c1-8-4-3-7(8)5-9(2,10)6-8/h7,10H,3-6H2,1-2H3. The van der Waals surface area contributed by atoms with Crippen molar-refractivity contribution < 1.29 is 5.11 Å². The molecule has 10 heavy (non-hydrogen) atoms. The van der Waals surface area contributed by atoms with Gasteiger partial charge in [-0.3, -0.25) is 0 Å². The van der Waals surface area contributed by atoms with Gasteiger partial charge in [0.1, 0.15) is 0 Å². The highest BCUT2D eigenvalue weighted by atomic mass is 16.3. The lowest BCUT2D eigenvalue weighted by atomic mass is 9.63. The van der Waals surface area contributed by atoms with Crippen LogP contribution in [0.5, 0.6) is 0 Å². The third-order valence-corrected chi connectivity index (χ3v) is 3.52. The average Bonchev–Trinajstić information content (AvgIpc) is 1.91. The van der Waals surface area contributed by atoms with Crippen molar-refractivity contribution in [3.8, 4) is 0 Å². The van der Waals surface area contributed by atoms with Gasteiger partial charge in [-0.2, -0.15) is 0 Å². The van der Waals surface area contributed by atoms with Gasteiger partial charge in [-0.1, -0.05) is 6.92 Å². The molecule has 0 aromatic carbocycles. The van der Waals surface area contributed by atoms with Crippen LogP contribution in [0.1, 0.15) is 39.5 Å². The molecule has 3 atom stereocenters. The summed E-state index contributed by atoms with van der Waals surface area (Å²) < 4.78 is 0. The molecule has 0 amide bonds. The second-order valence-electron chi connectivity index (χ2n) is 4.77. The topological polar surface area (TPSA) is 20.2 Å². The number of aliphatic hydroxyl groups is 1. The third-order valence-electron chi connectivity index (χ3n) is 3.52. The number of hydrogen-bond donors (Lipinski definition) is 1. The Labute approximate surface area is 62.4 Å². The first-order valence-corrected chi connectivity index (χ1v) is 4.24. The predicted octanol–water partition coefficient (Wildman–Crippen LogP) is 1.95. The van der Waals surface area contributed by atoms with Gasteiger partial charge < -0.3 is 5.11 Å². The van der Waals surface area contributed by atoms with Crippen LogP contribution >= 0.6 is 0 Å². The van der Waals surface area contributed by atoms with E-state index in [2.05, 4.69) is 6.92 Å². The molecule has 2 aliphatic rings. The van der Waals surface area contributed by atoms with Gasteiger partial charge in [-0.05, 0) is 43.9 Å². The Morgan fingerprint density at radius 1 is 1.40 bits per heavy atom. The Balaban J connectivity index is 2.17. The van der Waals surface area contributed by atoms with E-state index in [9.17, 15) is 5.11 Å². The summed E-state index contributed by atoms with van der Waals surface area (Å²) in [6.07, 6.45) is 4.77. The maximum atomic E-state index is 9.74. The molecule has 0 heterocycles. The van der Waals surface area contributed by atoms with E-state index >= 15 is 0 Å². The summed E-state index contributed by atoms with van der Waals surface area (Å²) in [7, 11) is 0. The molecule has 0 radical (unpaired) electrons. The van der Waals surface area contributed by atoms with Crippen LogP contribution in [0.4, 0.5) is 0 Å². The fraction of sp³-hybridized carbons (Fsp3) is 1.00. The maximum Gasteiger partial charge on any atom is 0.0627 e. The number of fused-ring (bicyclic) bond motifs is 1. The highest BCUT2D eigenvalue weighted by Crippen LogP contribution is 2.60. The Bertz CT molecular complexity index is 162. The lowest BCUT2D eigenvalue weighted by Crippen LogP contribution is -2.32. The first kappa shape index (κ1) is 6.66. The lowest BCUT2D eigenvalue weighted by Gasteiger charge is -2.41. The van der Waals surface area contributed by atoms with E-state index in [0.717, 1.165) is 18.8 Å². The van der Waals surface area contributed by atoms with E-state index in [0.29, 0.717) is 5.41 Å². The van der Waals surface area contributed by atoms with E-state index < -0.39 is 0 Å². The molecule has 0 spiro atoms. The first-order valence-electron chi connectivity index (χ1n) is 4.24. The zero-order valence-corrected chi connectivity index (χ0v) is 6.85. The van der Waals surface area contributed by atoms with E-state index in [-0.39, 0.29) is 5.60 Å². The highest BCUT2D eigenvalue weighted by molar-refractivity contribution is 5.04. The van der Waals surface area contributed by atoms with Crippen molar-refractivity contribution in [1.29, 1.82) is 0 Å². The van der Waals surface area contributed by atoms with Gasteiger partial charge >= 0.3 is 0 Å². The van der Waals surface area contributed by atoms with Crippen LogP contribution in [0.2, 0.25) is 0 Å². The summed E-state index contributed by atoms with van der Waals surface area (Å²) >= 11 is 0. The Hall–Kier alpha value is -0.0400. The monoisotopic (exact) mass is 140 g/mol. The molecule has 2 saturated carbocycles. The molecule has 2 fully saturated rings. The number of hydrogen-bond acceptors (Lipinski definition) is 1. The predicted molar refractivity (Wildman–Crippen MR) is 40.7 cm³/mol. The van der Waals surface area contributed by atoms with E-state index in [1.807, 2.05) is 6.92 Å². The van der Waals surface area contributed by atoms with Crippen LogP contribution in [0.15, 0.2) is 0 Å². The smallest absolute Gasteiger partial charge is 0.0627 e. The molecular formula is C9H16O. The normalized spacial score (nSPS) is 59.7. The van der Waals surface area contributed by atoms with Crippen molar-refractivity contribution in [2.45, 2.75) is 45.1 Å². The summed E-state index contributed by atoms with van der Waals surface area (Å²) in [4.78, 5) is 0. The summed E-state index contributed by atoms with van der Waals surface area (Å²) in [5.41, 5.74) is 0.180. The summed E-state index contributed by atoms with van der Waals surface area (Å²) in [5.74, 6) is 0.836. The van der Waals surface area contributed by atoms with Crippen molar-refractivity contribution in [2.75, 3.05) is 0 Å². The minimum absolute atomic E-state index is 0.337. The van der Waals surface area contributed by atoms with Crippen LogP contribution in [-0.4, -0.2) is 10.7 Å². The van der Waals surface area contributed by atoms with Crippen molar-refractivity contribution in [3.63, 3.8) is 0 Å². The lowest BCUT2D eigenvalue weighted by molar-refractivity contribution is 0.0510. The molecule has 0 bridgehead atoms. The quantitative estimate of drug-likeness (QED) is 0.545. The molecule has 2 aliphatic carbocycles. The fourth-order valence-corrected chi connectivity index (χ4v) is 2.90. The first-order chi connectivity index (χ1) is 4.52. The van der Waals surface area contributed by atoms with Crippen molar-refractivity contribution in [2.24, 2.45) is 11.3 Å². The zero-order valence-electron chi connectivity index (χ0n) is 6.85. The molecule has 1 nitrogen and oxygen atoms in total. The number of rotatable bonds is 0. The fourth-order valence-electron chi connectivity index (χ4n) is 2.90. The molecule has 58 valence electrons. The molecule has 3 unspecified atom stereocenters. The van der Waals surface area contributed by atoms with E-state index in [1.165, 1.54) is 12.8 Å². The van der Waals surface area contributed by atoms with Crippen LogP contribution in [0, 0.1) is 11.3 Å². The van der Waals surface area contributed by atoms with Gasteiger partial charge in [0.25, 0.3) is 0 Å². The third kappa shape index (κ3) is 0.731. The summed E-state index contributed by atoms with van der Waals surface area (Å²) in [6.45, 7) is 4.30. The molecule has 0 saturated heterocycles. The SMILES string of the molecule is CC1(O)CC2CCC2(C)C1. The van der Waals surface area contributed by atoms with Gasteiger partial charge in [-0.25, -0.2) is 0 Å². The second-order valence-corrected chi connectivity index (χ2v) is 4.77. The zero-order chi connectivity index (χ0) is 7.41. The average molecular weight is 140 g/mol. The van der Waals surface area contributed by atoms with Gasteiger partial charge in [-0.15, -0.1) is 0 Å². The van der Waals surface area contributed by atoms with Gasteiger partial charge in [0.15, 0.2) is 0 Å². The van der Waals surface area contributed by atoms with E-state index in [4.69, 9.17) is 0 Å². The van der Waals surface area contributed by atoms with E-state index in [1.54, 1.807) is 0 Å². The Kier molecular flexibility index (Phi) is 1.05. The van der Waals surface area contributed by atoms with Crippen LogP contribution in [0.25, 0.3) is 0 Å². The molecule has 1 N–H and O–H groups in total. The maximum absolute atomic E-state index is 9.74. The van der Waals surface area contributed by atoms with Crippen LogP contribution < -0.4 is 0 Å². The van der Waals surface area contributed by atoms with Crippen molar-refractivity contribution >= 4 is 0 Å². The summed E-state index contributed by atoms with van der Waals surface area (Å²) in [6, 6.07) is 0. The van der Waals surface area contributed by atoms with Gasteiger partial charge in [0.2, 0.25) is 0 Å².